The fraction of sp³-hybridized carbons (Fsp3) is 0.744. The molecular formula is C90H157NO8. The van der Waals surface area contributed by atoms with Gasteiger partial charge in [-0.2, -0.15) is 0 Å². The molecule has 0 amide bonds. The first-order valence-corrected chi connectivity index (χ1v) is 41.7. The average molecular weight is 1380 g/mol. The van der Waals surface area contributed by atoms with Crippen molar-refractivity contribution in [3.63, 3.8) is 0 Å². The van der Waals surface area contributed by atoms with E-state index in [1.165, 1.54) is 244 Å². The Morgan fingerprint density at radius 1 is 0.313 bits per heavy atom. The van der Waals surface area contributed by atoms with E-state index in [0.717, 1.165) is 96.3 Å². The van der Waals surface area contributed by atoms with Gasteiger partial charge in [0.15, 0.2) is 12.4 Å². The van der Waals surface area contributed by atoms with Crippen molar-refractivity contribution >= 4 is 17.9 Å². The second-order valence-corrected chi connectivity index (χ2v) is 29.0. The van der Waals surface area contributed by atoms with Crippen molar-refractivity contribution in [1.29, 1.82) is 0 Å². The molecule has 0 radical (unpaired) electrons. The first-order chi connectivity index (χ1) is 48.6. The molecule has 0 spiro atoms. The highest BCUT2D eigenvalue weighted by Gasteiger charge is 2.22. The third kappa shape index (κ3) is 80.9. The number of nitrogens with zero attached hydrogens (tertiary/aromatic N) is 1. The molecule has 0 aliphatic rings. The van der Waals surface area contributed by atoms with Crippen molar-refractivity contribution < 1.29 is 42.9 Å². The van der Waals surface area contributed by atoms with Gasteiger partial charge in [-0.05, 0) is 109 Å². The quantitative estimate of drug-likeness (QED) is 0.0195. The summed E-state index contributed by atoms with van der Waals surface area (Å²) in [7, 11) is 5.94. The number of carboxylic acid groups (broad SMARTS) is 1. The van der Waals surface area contributed by atoms with Crippen molar-refractivity contribution in [2.75, 3.05) is 47.5 Å². The van der Waals surface area contributed by atoms with Crippen LogP contribution in [0.1, 0.15) is 373 Å². The SMILES string of the molecule is CC/C=C\C/C=C\C/C=C\C/C=C\C/C=C\C/C=C\C/C=C\C/C=C\CCCCCCCCCCCCCCCCC(=O)OC(COC(=O)CCCCCCCCCCCCCCCCCCCCCCCCC/C=C\C/C=C\CCCCCCC)COC(OCC[N+](C)(C)C)C(=O)[O-]. The highest BCUT2D eigenvalue weighted by atomic mass is 16.7. The van der Waals surface area contributed by atoms with Crippen LogP contribution < -0.4 is 5.11 Å². The summed E-state index contributed by atoms with van der Waals surface area (Å²) in [5, 5.41) is 11.9. The summed E-state index contributed by atoms with van der Waals surface area (Å²) in [4.78, 5) is 37.6. The minimum Gasteiger partial charge on any atom is -0.545 e. The van der Waals surface area contributed by atoms with E-state index >= 15 is 0 Å². The Kier molecular flexibility index (Phi) is 75.9. The number of quaternary nitrogens is 1. The summed E-state index contributed by atoms with van der Waals surface area (Å²) < 4.78 is 22.9. The molecule has 0 saturated carbocycles. The zero-order chi connectivity index (χ0) is 71.8. The minimum atomic E-state index is -1.63. The van der Waals surface area contributed by atoms with Gasteiger partial charge in [0.25, 0.3) is 0 Å². The Balaban J connectivity index is 4.01. The molecule has 0 aromatic heterocycles. The lowest BCUT2D eigenvalue weighted by Crippen LogP contribution is -2.44. The maximum atomic E-state index is 13.0. The number of allylic oxidation sites excluding steroid dienone is 20. The summed E-state index contributed by atoms with van der Waals surface area (Å²) in [6.45, 7) is 4.67. The monoisotopic (exact) mass is 1380 g/mol. The largest absolute Gasteiger partial charge is 0.545 e. The topological polar surface area (TPSA) is 111 Å². The van der Waals surface area contributed by atoms with Gasteiger partial charge in [-0.3, -0.25) is 9.59 Å². The summed E-state index contributed by atoms with van der Waals surface area (Å²) in [6.07, 6.45) is 110. The maximum Gasteiger partial charge on any atom is 0.306 e. The number of hydrogen-bond donors (Lipinski definition) is 0. The van der Waals surface area contributed by atoms with Crippen LogP contribution in [0.3, 0.4) is 0 Å². The van der Waals surface area contributed by atoms with Crippen LogP contribution >= 0.6 is 0 Å². The zero-order valence-electron chi connectivity index (χ0n) is 65.3. The van der Waals surface area contributed by atoms with Crippen LogP contribution in [0.25, 0.3) is 0 Å². The third-order valence-corrected chi connectivity index (χ3v) is 18.2. The van der Waals surface area contributed by atoms with E-state index in [0.29, 0.717) is 23.9 Å². The highest BCUT2D eigenvalue weighted by Crippen LogP contribution is 2.19. The molecule has 0 aliphatic heterocycles. The molecule has 9 heteroatoms. The molecular weight excluding hydrogens is 1220 g/mol. The minimum absolute atomic E-state index is 0.146. The Morgan fingerprint density at radius 3 is 0.859 bits per heavy atom. The van der Waals surface area contributed by atoms with Gasteiger partial charge in [0.05, 0.1) is 40.3 Å². The van der Waals surface area contributed by atoms with Crippen molar-refractivity contribution in [2.24, 2.45) is 0 Å². The van der Waals surface area contributed by atoms with Crippen LogP contribution in [-0.2, 0) is 33.3 Å². The van der Waals surface area contributed by atoms with E-state index in [-0.39, 0.29) is 32.2 Å². The number of aliphatic carboxylic acids is 1. The molecule has 0 bridgehead atoms. The second-order valence-electron chi connectivity index (χ2n) is 29.0. The Labute approximate surface area is 612 Å². The van der Waals surface area contributed by atoms with Gasteiger partial charge >= 0.3 is 11.9 Å². The average Bonchev–Trinajstić information content (AvgIpc) is 1.14. The lowest BCUT2D eigenvalue weighted by molar-refractivity contribution is -0.870. The molecule has 2 atom stereocenters. The van der Waals surface area contributed by atoms with Crippen molar-refractivity contribution in [3.8, 4) is 0 Å². The van der Waals surface area contributed by atoms with Crippen LogP contribution in [0.15, 0.2) is 122 Å². The first-order valence-electron chi connectivity index (χ1n) is 41.7. The van der Waals surface area contributed by atoms with Gasteiger partial charge in [-0.1, -0.05) is 373 Å². The fourth-order valence-electron chi connectivity index (χ4n) is 11.9. The molecule has 2 unspecified atom stereocenters. The number of unbranched alkanes of at least 4 members (excludes halogenated alkanes) is 42. The molecule has 0 aromatic carbocycles. The summed E-state index contributed by atoms with van der Waals surface area (Å²) >= 11 is 0. The van der Waals surface area contributed by atoms with E-state index in [1.807, 2.05) is 21.1 Å². The lowest BCUT2D eigenvalue weighted by atomic mass is 10.0. The number of hydrogen-bond acceptors (Lipinski definition) is 8. The van der Waals surface area contributed by atoms with Crippen LogP contribution in [0.2, 0.25) is 0 Å². The highest BCUT2D eigenvalue weighted by molar-refractivity contribution is 5.70. The number of ether oxygens (including phenoxy) is 4. The van der Waals surface area contributed by atoms with E-state index in [9.17, 15) is 19.5 Å². The normalized spacial score (nSPS) is 13.3. The van der Waals surface area contributed by atoms with Gasteiger partial charge in [-0.15, -0.1) is 0 Å². The van der Waals surface area contributed by atoms with Crippen LogP contribution in [0.5, 0.6) is 0 Å². The number of rotatable bonds is 77. The molecule has 0 rings (SSSR count). The fourth-order valence-corrected chi connectivity index (χ4v) is 11.9. The Hall–Kier alpha value is -4.31. The smallest absolute Gasteiger partial charge is 0.306 e. The van der Waals surface area contributed by atoms with Gasteiger partial charge in [0.1, 0.15) is 13.2 Å². The molecule has 0 heterocycles. The third-order valence-electron chi connectivity index (χ3n) is 18.2. The standard InChI is InChI=1S/C90H157NO8/c1-6-8-10-12-14-16-18-20-22-24-26-28-30-32-34-36-38-40-42-43-44-45-47-49-51-53-55-57-59-61-63-65-67-69-71-73-75-77-79-81-88(93)99-86(85-98-90(89(94)95)96-83-82-91(3,4)5)84-97-87(92)80-78-76-74-72-70-68-66-64-62-60-58-56-54-52-50-48-46-41-39-37-35-33-31-29-27-25-23-21-19-17-15-13-11-9-7-2/h8,10,14,16,19-22,25-28,32,34,38,40,43-44,47,49,86,90H,6-7,9,11-13,15,17-18,23-24,29-31,33,35-37,39,41-42,45-46,48,50-85H2,1-5H3/b10-8-,16-14-,21-19-,22-20-,27-25-,28-26-,34-32-,40-38-,44-43-,49-47-. The van der Waals surface area contributed by atoms with E-state index < -0.39 is 24.3 Å². The predicted octanol–water partition coefficient (Wildman–Crippen LogP) is 25.7. The number of carbonyl (C=O) groups is 3. The van der Waals surface area contributed by atoms with Gasteiger partial charge in [0.2, 0.25) is 0 Å². The van der Waals surface area contributed by atoms with Gasteiger partial charge in [0, 0.05) is 12.8 Å². The number of carbonyl (C=O) groups excluding carboxylic acids is 3. The number of carboxylic acids is 1. The molecule has 0 aliphatic carbocycles. The predicted molar refractivity (Wildman–Crippen MR) is 426 cm³/mol. The van der Waals surface area contributed by atoms with Crippen molar-refractivity contribution in [3.05, 3.63) is 122 Å². The first kappa shape index (κ1) is 94.7. The summed E-state index contributed by atoms with van der Waals surface area (Å²) in [6, 6.07) is 0. The molecule has 570 valence electrons. The number of esters is 2. The molecule has 0 N–H and O–H groups in total. The van der Waals surface area contributed by atoms with Crippen LogP contribution in [-0.4, -0.2) is 82.3 Å². The van der Waals surface area contributed by atoms with Crippen LogP contribution in [0, 0.1) is 0 Å². The van der Waals surface area contributed by atoms with Gasteiger partial charge in [-0.25, -0.2) is 0 Å². The Bertz CT molecular complexity index is 2050. The lowest BCUT2D eigenvalue weighted by Gasteiger charge is -2.26. The molecule has 9 nitrogen and oxygen atoms in total. The molecule has 0 saturated heterocycles. The van der Waals surface area contributed by atoms with Crippen LogP contribution in [0.4, 0.5) is 0 Å². The summed E-state index contributed by atoms with van der Waals surface area (Å²) in [5.74, 6) is -2.27. The molecule has 99 heavy (non-hydrogen) atoms. The molecule has 0 aromatic rings. The van der Waals surface area contributed by atoms with Crippen molar-refractivity contribution in [2.45, 2.75) is 386 Å². The van der Waals surface area contributed by atoms with Crippen molar-refractivity contribution in [1.82, 2.24) is 0 Å². The second kappa shape index (κ2) is 79.4. The van der Waals surface area contributed by atoms with E-state index in [1.54, 1.807) is 0 Å². The maximum absolute atomic E-state index is 13.0. The number of likely N-dealkylation sites (N-methyl/N-ethyl adjacent to an activating group) is 1. The zero-order valence-corrected chi connectivity index (χ0v) is 65.3. The van der Waals surface area contributed by atoms with E-state index in [2.05, 4.69) is 135 Å². The van der Waals surface area contributed by atoms with Gasteiger partial charge < -0.3 is 33.3 Å². The van der Waals surface area contributed by atoms with E-state index in [4.69, 9.17) is 18.9 Å². The Morgan fingerprint density at radius 2 is 0.576 bits per heavy atom. The molecule has 0 fully saturated rings. The summed E-state index contributed by atoms with van der Waals surface area (Å²) in [5.41, 5.74) is 0.